The molecule has 1 heterocycles. The Bertz CT molecular complexity index is 579. The summed E-state index contributed by atoms with van der Waals surface area (Å²) in [5, 5.41) is 0. The number of carbonyl (C=O) groups excluding carboxylic acids is 1. The molecule has 1 aromatic carbocycles. The number of carbonyl (C=O) groups is 1. The molecule has 1 aliphatic heterocycles. The van der Waals surface area contributed by atoms with Crippen LogP contribution in [0, 0.1) is 0 Å². The highest BCUT2D eigenvalue weighted by Crippen LogP contribution is 2.14. The van der Waals surface area contributed by atoms with Crippen molar-refractivity contribution in [1.29, 1.82) is 0 Å². The van der Waals surface area contributed by atoms with Crippen LogP contribution in [-0.2, 0) is 20.6 Å². The molecule has 0 atom stereocenters. The van der Waals surface area contributed by atoms with Crippen molar-refractivity contribution in [3.63, 3.8) is 0 Å². The Morgan fingerprint density at radius 1 is 1.09 bits per heavy atom. The second kappa shape index (κ2) is 7.74. The molecule has 5 nitrogen and oxygen atoms in total. The minimum atomic E-state index is -3.31. The fourth-order valence-electron chi connectivity index (χ4n) is 2.58. The minimum absolute atomic E-state index is 0.0254. The topological polar surface area (TPSA) is 57.7 Å². The lowest BCUT2D eigenvalue weighted by Crippen LogP contribution is -2.50. The third-order valence-electron chi connectivity index (χ3n) is 3.92. The predicted octanol–water partition coefficient (Wildman–Crippen LogP) is 1.85. The van der Waals surface area contributed by atoms with Crippen LogP contribution in [0.4, 0.5) is 0 Å². The number of piperazine rings is 1. The molecular weight excluding hydrogens is 300 g/mol. The van der Waals surface area contributed by atoms with Gasteiger partial charge in [-0.3, -0.25) is 4.79 Å². The van der Waals surface area contributed by atoms with Crippen LogP contribution in [0.15, 0.2) is 30.3 Å². The van der Waals surface area contributed by atoms with Crippen LogP contribution < -0.4 is 0 Å². The lowest BCUT2D eigenvalue weighted by atomic mass is 10.2. The van der Waals surface area contributed by atoms with E-state index in [1.54, 1.807) is 4.90 Å². The number of benzene rings is 1. The zero-order valence-electron chi connectivity index (χ0n) is 13.1. The van der Waals surface area contributed by atoms with E-state index in [1.807, 2.05) is 30.3 Å². The van der Waals surface area contributed by atoms with Crippen LogP contribution in [0.5, 0.6) is 0 Å². The first-order valence-electron chi connectivity index (χ1n) is 7.82. The Morgan fingerprint density at radius 3 is 2.32 bits per heavy atom. The van der Waals surface area contributed by atoms with Crippen LogP contribution in [0.1, 0.15) is 31.7 Å². The van der Waals surface area contributed by atoms with E-state index in [1.165, 1.54) is 4.31 Å². The molecule has 1 saturated heterocycles. The standard InChI is InChI=1S/C16H24N2O3S/c1-2-3-9-16(19)17-10-12-18(13-11-17)22(20,21)14-15-7-5-4-6-8-15/h4-8H,2-3,9-14H2,1H3. The number of sulfonamides is 1. The molecule has 0 saturated carbocycles. The SMILES string of the molecule is CCCCC(=O)N1CCN(S(=O)(=O)Cc2ccccc2)CC1. The molecule has 2 rings (SSSR count). The van der Waals surface area contributed by atoms with Gasteiger partial charge in [-0.25, -0.2) is 8.42 Å². The average molecular weight is 324 g/mol. The molecule has 0 aromatic heterocycles. The van der Waals surface area contributed by atoms with Crippen molar-refractivity contribution in [2.75, 3.05) is 26.2 Å². The largest absolute Gasteiger partial charge is 0.340 e. The number of unbranched alkanes of at least 4 members (excludes halogenated alkanes) is 1. The predicted molar refractivity (Wildman–Crippen MR) is 86.7 cm³/mol. The highest BCUT2D eigenvalue weighted by Gasteiger charge is 2.28. The Morgan fingerprint density at radius 2 is 1.73 bits per heavy atom. The van der Waals surface area contributed by atoms with Gasteiger partial charge in [0.1, 0.15) is 0 Å². The van der Waals surface area contributed by atoms with Gasteiger partial charge in [0.05, 0.1) is 5.75 Å². The third-order valence-corrected chi connectivity index (χ3v) is 5.77. The minimum Gasteiger partial charge on any atom is -0.340 e. The molecule has 0 radical (unpaired) electrons. The normalized spacial score (nSPS) is 16.7. The summed E-state index contributed by atoms with van der Waals surface area (Å²) in [6, 6.07) is 9.20. The van der Waals surface area contributed by atoms with Gasteiger partial charge in [0.15, 0.2) is 0 Å². The molecule has 1 amide bonds. The summed E-state index contributed by atoms with van der Waals surface area (Å²) in [6.45, 7) is 3.84. The van der Waals surface area contributed by atoms with Gasteiger partial charge in [0, 0.05) is 32.6 Å². The second-order valence-electron chi connectivity index (χ2n) is 5.63. The molecule has 0 unspecified atom stereocenters. The average Bonchev–Trinajstić information content (AvgIpc) is 2.53. The lowest BCUT2D eigenvalue weighted by Gasteiger charge is -2.34. The highest BCUT2D eigenvalue weighted by molar-refractivity contribution is 7.88. The third kappa shape index (κ3) is 4.55. The van der Waals surface area contributed by atoms with E-state index in [9.17, 15) is 13.2 Å². The van der Waals surface area contributed by atoms with Crippen molar-refractivity contribution in [2.24, 2.45) is 0 Å². The Kier molecular flexibility index (Phi) is 5.97. The lowest BCUT2D eigenvalue weighted by molar-refractivity contribution is -0.132. The van der Waals surface area contributed by atoms with E-state index in [-0.39, 0.29) is 11.7 Å². The molecular formula is C16H24N2O3S. The highest BCUT2D eigenvalue weighted by atomic mass is 32.2. The monoisotopic (exact) mass is 324 g/mol. The first kappa shape index (κ1) is 17.0. The summed E-state index contributed by atoms with van der Waals surface area (Å²) < 4.78 is 26.4. The number of amides is 1. The van der Waals surface area contributed by atoms with E-state index in [4.69, 9.17) is 0 Å². The van der Waals surface area contributed by atoms with Gasteiger partial charge in [-0.1, -0.05) is 43.7 Å². The summed E-state index contributed by atoms with van der Waals surface area (Å²) in [5.41, 5.74) is 0.795. The fourth-order valence-corrected chi connectivity index (χ4v) is 4.09. The molecule has 0 aliphatic carbocycles. The Labute approximate surface area is 133 Å². The van der Waals surface area contributed by atoms with Crippen LogP contribution in [0.25, 0.3) is 0 Å². The summed E-state index contributed by atoms with van der Waals surface area (Å²) in [7, 11) is -3.31. The molecule has 0 bridgehead atoms. The molecule has 1 aliphatic rings. The maximum Gasteiger partial charge on any atom is 0.222 e. The summed E-state index contributed by atoms with van der Waals surface area (Å²) in [4.78, 5) is 13.7. The van der Waals surface area contributed by atoms with Gasteiger partial charge in [0.2, 0.25) is 15.9 Å². The zero-order valence-corrected chi connectivity index (χ0v) is 13.9. The van der Waals surface area contributed by atoms with Gasteiger partial charge in [-0.2, -0.15) is 4.31 Å². The summed E-state index contributed by atoms with van der Waals surface area (Å²) in [5.74, 6) is 0.166. The van der Waals surface area contributed by atoms with Crippen molar-refractivity contribution >= 4 is 15.9 Å². The molecule has 122 valence electrons. The Hall–Kier alpha value is -1.40. The first-order chi connectivity index (χ1) is 10.5. The fraction of sp³-hybridized carbons (Fsp3) is 0.562. The smallest absolute Gasteiger partial charge is 0.222 e. The second-order valence-corrected chi connectivity index (χ2v) is 7.59. The summed E-state index contributed by atoms with van der Waals surface area (Å²) >= 11 is 0. The first-order valence-corrected chi connectivity index (χ1v) is 9.43. The van der Waals surface area contributed by atoms with Crippen molar-refractivity contribution in [1.82, 2.24) is 9.21 Å². The molecule has 22 heavy (non-hydrogen) atoms. The number of rotatable bonds is 6. The van der Waals surface area contributed by atoms with Gasteiger partial charge in [0.25, 0.3) is 0 Å². The van der Waals surface area contributed by atoms with Gasteiger partial charge < -0.3 is 4.90 Å². The van der Waals surface area contributed by atoms with E-state index < -0.39 is 10.0 Å². The van der Waals surface area contributed by atoms with E-state index in [2.05, 4.69) is 6.92 Å². The maximum absolute atomic E-state index is 12.4. The number of hydrogen-bond donors (Lipinski definition) is 0. The van der Waals surface area contributed by atoms with E-state index in [0.29, 0.717) is 32.6 Å². The van der Waals surface area contributed by atoms with Crippen molar-refractivity contribution in [2.45, 2.75) is 31.9 Å². The van der Waals surface area contributed by atoms with Crippen molar-refractivity contribution in [3.05, 3.63) is 35.9 Å². The summed E-state index contributed by atoms with van der Waals surface area (Å²) in [6.07, 6.45) is 2.45. The number of hydrogen-bond acceptors (Lipinski definition) is 3. The van der Waals surface area contributed by atoms with Crippen molar-refractivity contribution in [3.8, 4) is 0 Å². The molecule has 1 fully saturated rings. The van der Waals surface area contributed by atoms with Crippen LogP contribution in [0.3, 0.4) is 0 Å². The van der Waals surface area contributed by atoms with Crippen LogP contribution in [0.2, 0.25) is 0 Å². The molecule has 0 spiro atoms. The van der Waals surface area contributed by atoms with Gasteiger partial charge in [-0.15, -0.1) is 0 Å². The van der Waals surface area contributed by atoms with Crippen molar-refractivity contribution < 1.29 is 13.2 Å². The van der Waals surface area contributed by atoms with E-state index >= 15 is 0 Å². The van der Waals surface area contributed by atoms with Crippen LogP contribution in [-0.4, -0.2) is 49.7 Å². The maximum atomic E-state index is 12.4. The molecule has 0 N–H and O–H groups in total. The molecule has 6 heteroatoms. The Balaban J connectivity index is 1.89. The van der Waals surface area contributed by atoms with Gasteiger partial charge >= 0.3 is 0 Å². The van der Waals surface area contributed by atoms with Gasteiger partial charge in [-0.05, 0) is 12.0 Å². The van der Waals surface area contributed by atoms with Crippen LogP contribution >= 0.6 is 0 Å². The quantitative estimate of drug-likeness (QED) is 0.802. The van der Waals surface area contributed by atoms with E-state index in [0.717, 1.165) is 18.4 Å². The molecule has 1 aromatic rings. The number of nitrogens with zero attached hydrogens (tertiary/aromatic N) is 2. The zero-order chi connectivity index (χ0) is 16.0.